The van der Waals surface area contributed by atoms with E-state index >= 15 is 0 Å². The van der Waals surface area contributed by atoms with Crippen LogP contribution in [0.5, 0.6) is 0 Å². The van der Waals surface area contributed by atoms with Crippen molar-refractivity contribution in [1.29, 1.82) is 0 Å². The molecular formula is C13H15BrN2OS. The molecule has 0 saturated carbocycles. The van der Waals surface area contributed by atoms with Gasteiger partial charge in [-0.3, -0.25) is 0 Å². The Kier molecular flexibility index (Phi) is 4.37. The summed E-state index contributed by atoms with van der Waals surface area (Å²) < 4.78 is 0.934. The van der Waals surface area contributed by atoms with E-state index in [-0.39, 0.29) is 6.61 Å². The lowest BCUT2D eigenvalue weighted by atomic mass is 10.2. The normalized spacial score (nSPS) is 10.7. The Balaban J connectivity index is 2.13. The van der Waals surface area contributed by atoms with E-state index in [1.807, 2.05) is 32.2 Å². The largest absolute Gasteiger partial charge is 0.392 e. The molecule has 18 heavy (non-hydrogen) atoms. The topological polar surface area (TPSA) is 36.4 Å². The molecule has 0 radical (unpaired) electrons. The number of thiazole rings is 1. The van der Waals surface area contributed by atoms with E-state index in [1.54, 1.807) is 11.3 Å². The lowest BCUT2D eigenvalue weighted by Gasteiger charge is -2.19. The molecule has 0 amide bonds. The predicted octanol–water partition coefficient (Wildman–Crippen LogP) is 3.34. The molecule has 0 saturated heterocycles. The van der Waals surface area contributed by atoms with Crippen molar-refractivity contribution in [3.05, 3.63) is 44.3 Å². The van der Waals surface area contributed by atoms with Crippen molar-refractivity contribution >= 4 is 33.0 Å². The summed E-state index contributed by atoms with van der Waals surface area (Å²) in [5.41, 5.74) is 3.09. The van der Waals surface area contributed by atoms with E-state index in [9.17, 15) is 0 Å². The van der Waals surface area contributed by atoms with Gasteiger partial charge in [-0.1, -0.05) is 22.0 Å². The maximum Gasteiger partial charge on any atom is 0.0898 e. The number of hydrogen-bond acceptors (Lipinski definition) is 4. The van der Waals surface area contributed by atoms with Gasteiger partial charge in [-0.2, -0.15) is 0 Å². The van der Waals surface area contributed by atoms with Crippen molar-refractivity contribution in [1.82, 2.24) is 4.98 Å². The minimum atomic E-state index is 0.0514. The van der Waals surface area contributed by atoms with Crippen molar-refractivity contribution in [2.45, 2.75) is 20.1 Å². The molecule has 2 rings (SSSR count). The van der Waals surface area contributed by atoms with Gasteiger partial charge in [0.2, 0.25) is 0 Å². The Hall–Kier alpha value is -0.910. The molecule has 0 aliphatic heterocycles. The molecule has 1 aromatic carbocycles. The molecule has 0 atom stereocenters. The molecular weight excluding hydrogens is 312 g/mol. The Morgan fingerprint density at radius 2 is 2.22 bits per heavy atom. The maximum atomic E-state index is 9.13. The fourth-order valence-electron chi connectivity index (χ4n) is 1.72. The van der Waals surface area contributed by atoms with Gasteiger partial charge in [0, 0.05) is 22.6 Å². The zero-order valence-electron chi connectivity index (χ0n) is 10.4. The first-order valence-corrected chi connectivity index (χ1v) is 7.29. The lowest BCUT2D eigenvalue weighted by Crippen LogP contribution is -2.16. The predicted molar refractivity (Wildman–Crippen MR) is 79.0 cm³/mol. The van der Waals surface area contributed by atoms with E-state index in [0.717, 1.165) is 33.0 Å². The van der Waals surface area contributed by atoms with Crippen LogP contribution in [0.3, 0.4) is 0 Å². The van der Waals surface area contributed by atoms with Crippen molar-refractivity contribution in [2.24, 2.45) is 0 Å². The summed E-state index contributed by atoms with van der Waals surface area (Å²) in [4.78, 5) is 6.60. The van der Waals surface area contributed by atoms with Crippen molar-refractivity contribution < 1.29 is 5.11 Å². The van der Waals surface area contributed by atoms with E-state index in [1.165, 1.54) is 0 Å². The number of hydrogen-bond donors (Lipinski definition) is 1. The maximum absolute atomic E-state index is 9.13. The Morgan fingerprint density at radius 3 is 2.78 bits per heavy atom. The molecule has 0 aliphatic rings. The van der Waals surface area contributed by atoms with Crippen LogP contribution in [0, 0.1) is 6.92 Å². The van der Waals surface area contributed by atoms with Crippen LogP contribution in [0.15, 0.2) is 28.1 Å². The minimum Gasteiger partial charge on any atom is -0.392 e. The molecule has 0 spiro atoms. The third kappa shape index (κ3) is 3.10. The Bertz CT molecular complexity index is 542. The van der Waals surface area contributed by atoms with Crippen LogP contribution in [0.2, 0.25) is 0 Å². The van der Waals surface area contributed by atoms with Crippen LogP contribution < -0.4 is 4.90 Å². The second-order valence-electron chi connectivity index (χ2n) is 4.15. The summed E-state index contributed by atoms with van der Waals surface area (Å²) >= 11 is 5.14. The van der Waals surface area contributed by atoms with Crippen LogP contribution >= 0.6 is 27.3 Å². The molecule has 1 N–H and O–H groups in total. The quantitative estimate of drug-likeness (QED) is 0.936. The van der Waals surface area contributed by atoms with Gasteiger partial charge in [0.1, 0.15) is 0 Å². The van der Waals surface area contributed by atoms with Crippen molar-refractivity contribution in [2.75, 3.05) is 11.9 Å². The van der Waals surface area contributed by atoms with Crippen molar-refractivity contribution in [3.63, 3.8) is 0 Å². The highest BCUT2D eigenvalue weighted by molar-refractivity contribution is 9.10. The highest BCUT2D eigenvalue weighted by Gasteiger charge is 2.07. The molecule has 5 heteroatoms. The van der Waals surface area contributed by atoms with Crippen LogP contribution in [-0.4, -0.2) is 17.1 Å². The fraction of sp³-hybridized carbons (Fsp3) is 0.308. The zero-order chi connectivity index (χ0) is 13.1. The number of aliphatic hydroxyl groups is 1. The standard InChI is InChI=1S/C13H15BrN2OS/c1-9-15-11(8-18-9)6-16(2)12-4-3-10(7-17)13(14)5-12/h3-5,8,17H,6-7H2,1-2H3. The van der Waals surface area contributed by atoms with Gasteiger partial charge in [0.15, 0.2) is 0 Å². The number of halogens is 1. The molecule has 2 aromatic rings. The summed E-state index contributed by atoms with van der Waals surface area (Å²) in [6.45, 7) is 2.85. The average molecular weight is 327 g/mol. The molecule has 1 aromatic heterocycles. The highest BCUT2D eigenvalue weighted by atomic mass is 79.9. The SMILES string of the molecule is Cc1nc(CN(C)c2ccc(CO)c(Br)c2)cs1. The summed E-state index contributed by atoms with van der Waals surface area (Å²) in [5.74, 6) is 0. The van der Waals surface area contributed by atoms with Crippen LogP contribution in [0.25, 0.3) is 0 Å². The summed E-state index contributed by atoms with van der Waals surface area (Å²) in [5, 5.41) is 12.3. The lowest BCUT2D eigenvalue weighted by molar-refractivity contribution is 0.281. The Morgan fingerprint density at radius 1 is 1.44 bits per heavy atom. The van der Waals surface area contributed by atoms with Gasteiger partial charge >= 0.3 is 0 Å². The molecule has 96 valence electrons. The average Bonchev–Trinajstić information content (AvgIpc) is 2.74. The van der Waals surface area contributed by atoms with E-state index in [4.69, 9.17) is 5.11 Å². The smallest absolute Gasteiger partial charge is 0.0898 e. The van der Waals surface area contributed by atoms with Gasteiger partial charge in [0.25, 0.3) is 0 Å². The van der Waals surface area contributed by atoms with Crippen LogP contribution in [0.1, 0.15) is 16.3 Å². The molecule has 3 nitrogen and oxygen atoms in total. The van der Waals surface area contributed by atoms with Gasteiger partial charge in [-0.15, -0.1) is 11.3 Å². The number of anilines is 1. The molecule has 0 bridgehead atoms. The van der Waals surface area contributed by atoms with Crippen LogP contribution in [0.4, 0.5) is 5.69 Å². The number of aromatic nitrogens is 1. The van der Waals surface area contributed by atoms with E-state index < -0.39 is 0 Å². The monoisotopic (exact) mass is 326 g/mol. The highest BCUT2D eigenvalue weighted by Crippen LogP contribution is 2.24. The van der Waals surface area contributed by atoms with Gasteiger partial charge in [0.05, 0.1) is 23.9 Å². The second kappa shape index (κ2) is 5.82. The number of nitrogens with zero attached hydrogens (tertiary/aromatic N) is 2. The fourth-order valence-corrected chi connectivity index (χ4v) is 2.81. The number of rotatable bonds is 4. The third-order valence-electron chi connectivity index (χ3n) is 2.71. The van der Waals surface area contributed by atoms with E-state index in [2.05, 4.69) is 31.2 Å². The molecule has 1 heterocycles. The second-order valence-corrected chi connectivity index (χ2v) is 6.06. The van der Waals surface area contributed by atoms with E-state index in [0.29, 0.717) is 0 Å². The number of aliphatic hydroxyl groups excluding tert-OH is 1. The third-order valence-corrected chi connectivity index (χ3v) is 4.27. The molecule has 0 unspecified atom stereocenters. The first-order chi connectivity index (χ1) is 8.60. The summed E-state index contributed by atoms with van der Waals surface area (Å²) in [6.07, 6.45) is 0. The molecule has 0 fully saturated rings. The summed E-state index contributed by atoms with van der Waals surface area (Å²) in [7, 11) is 2.04. The summed E-state index contributed by atoms with van der Waals surface area (Å²) in [6, 6.07) is 5.96. The minimum absolute atomic E-state index is 0.0514. The van der Waals surface area contributed by atoms with Gasteiger partial charge in [-0.05, 0) is 24.6 Å². The van der Waals surface area contributed by atoms with Crippen molar-refractivity contribution in [3.8, 4) is 0 Å². The molecule has 0 aliphatic carbocycles. The first kappa shape index (κ1) is 13.5. The van der Waals surface area contributed by atoms with Gasteiger partial charge < -0.3 is 10.0 Å². The van der Waals surface area contributed by atoms with Crippen LogP contribution in [-0.2, 0) is 13.2 Å². The zero-order valence-corrected chi connectivity index (χ0v) is 12.8. The number of benzene rings is 1. The van der Waals surface area contributed by atoms with Gasteiger partial charge in [-0.25, -0.2) is 4.98 Å². The Labute approximate surface area is 119 Å². The number of aryl methyl sites for hydroxylation is 1. The first-order valence-electron chi connectivity index (χ1n) is 5.61.